The molecule has 0 atom stereocenters. The highest BCUT2D eigenvalue weighted by Gasteiger charge is 2.32. The van der Waals surface area contributed by atoms with E-state index in [4.69, 9.17) is 11.6 Å². The van der Waals surface area contributed by atoms with Gasteiger partial charge in [-0.3, -0.25) is 4.79 Å². The van der Waals surface area contributed by atoms with Crippen molar-refractivity contribution in [2.75, 3.05) is 19.3 Å². The quantitative estimate of drug-likeness (QED) is 0.425. The number of rotatable bonds is 6. The second-order valence-corrected chi connectivity index (χ2v) is 12.2. The van der Waals surface area contributed by atoms with Gasteiger partial charge in [0.2, 0.25) is 10.0 Å². The molecule has 2 heterocycles. The van der Waals surface area contributed by atoms with Crippen LogP contribution in [0.2, 0.25) is 5.02 Å². The summed E-state index contributed by atoms with van der Waals surface area (Å²) in [6.45, 7) is 3.50. The lowest BCUT2D eigenvalue weighted by Gasteiger charge is -2.29. The smallest absolute Gasteiger partial charge is 0.251 e. The molecular weight excluding hydrogens is 498 g/mol. The number of fused-ring (bicyclic) bond motifs is 1. The third-order valence-electron chi connectivity index (χ3n) is 5.80. The molecule has 1 saturated heterocycles. The van der Waals surface area contributed by atoms with Gasteiger partial charge in [-0.2, -0.15) is 9.30 Å². The third kappa shape index (κ3) is 5.22. The first-order chi connectivity index (χ1) is 15.8. The van der Waals surface area contributed by atoms with Gasteiger partial charge in [-0.15, -0.1) is 11.8 Å². The van der Waals surface area contributed by atoms with E-state index >= 15 is 0 Å². The van der Waals surface area contributed by atoms with Crippen molar-refractivity contribution in [3.05, 3.63) is 52.3 Å². The van der Waals surface area contributed by atoms with E-state index in [1.165, 1.54) is 32.7 Å². The summed E-state index contributed by atoms with van der Waals surface area (Å²) in [7, 11) is -3.60. The number of hydrogen-bond acceptors (Lipinski definition) is 5. The molecule has 0 spiro atoms. The van der Waals surface area contributed by atoms with Crippen molar-refractivity contribution >= 4 is 60.8 Å². The average molecular weight is 524 g/mol. The van der Waals surface area contributed by atoms with Gasteiger partial charge in [0.1, 0.15) is 0 Å². The van der Waals surface area contributed by atoms with E-state index in [1.54, 1.807) is 23.9 Å². The summed E-state index contributed by atoms with van der Waals surface area (Å²) in [5, 5.41) is 0.492. The van der Waals surface area contributed by atoms with E-state index in [0.717, 1.165) is 23.2 Å². The summed E-state index contributed by atoms with van der Waals surface area (Å²) < 4.78 is 30.5. The molecule has 0 radical (unpaired) electrons. The van der Waals surface area contributed by atoms with Crippen LogP contribution in [0.25, 0.3) is 10.2 Å². The Labute approximate surface area is 207 Å². The molecule has 1 aromatic heterocycles. The van der Waals surface area contributed by atoms with Gasteiger partial charge in [-0.05, 0) is 68.0 Å². The number of thioether (sulfide) groups is 1. The Morgan fingerprint density at radius 3 is 2.52 bits per heavy atom. The van der Waals surface area contributed by atoms with Gasteiger partial charge in [0.25, 0.3) is 5.91 Å². The molecule has 6 nitrogen and oxygen atoms in total. The highest BCUT2D eigenvalue weighted by molar-refractivity contribution is 7.98. The van der Waals surface area contributed by atoms with Crippen LogP contribution < -0.4 is 4.80 Å². The number of sulfonamides is 1. The van der Waals surface area contributed by atoms with Gasteiger partial charge in [0.05, 0.1) is 15.1 Å². The number of piperidine rings is 1. The highest BCUT2D eigenvalue weighted by atomic mass is 35.5. The minimum Gasteiger partial charge on any atom is -0.316 e. The molecule has 1 amide bonds. The number of carbonyl (C=O) groups is 1. The Morgan fingerprint density at radius 2 is 1.88 bits per heavy atom. The average Bonchev–Trinajstić information content (AvgIpc) is 3.15. The molecule has 0 unspecified atom stereocenters. The highest BCUT2D eigenvalue weighted by Crippen LogP contribution is 2.27. The lowest BCUT2D eigenvalue weighted by Crippen LogP contribution is -2.40. The molecule has 176 valence electrons. The van der Waals surface area contributed by atoms with Crippen LogP contribution in [-0.4, -0.2) is 42.5 Å². The topological polar surface area (TPSA) is 71.7 Å². The molecule has 1 aliphatic heterocycles. The van der Waals surface area contributed by atoms with E-state index in [2.05, 4.69) is 34.7 Å². The van der Waals surface area contributed by atoms with Crippen LogP contribution in [0.15, 0.2) is 57.2 Å². The molecular formula is C23H26ClN3O3S3. The fraction of sp³-hybridized carbons (Fsp3) is 0.391. The van der Waals surface area contributed by atoms with Gasteiger partial charge >= 0.3 is 0 Å². The van der Waals surface area contributed by atoms with Crippen molar-refractivity contribution in [1.29, 1.82) is 0 Å². The molecule has 3 aromatic rings. The van der Waals surface area contributed by atoms with Crippen molar-refractivity contribution < 1.29 is 13.2 Å². The largest absolute Gasteiger partial charge is 0.316 e. The molecule has 1 fully saturated rings. The molecule has 1 aliphatic rings. The molecule has 0 bridgehead atoms. The molecule has 10 heteroatoms. The van der Waals surface area contributed by atoms with Crippen molar-refractivity contribution in [3.63, 3.8) is 0 Å². The lowest BCUT2D eigenvalue weighted by atomic mass is 9.98. The summed E-state index contributed by atoms with van der Waals surface area (Å²) in [6, 6.07) is 12.5. The number of aryl methyl sites for hydroxylation is 1. The van der Waals surface area contributed by atoms with Gasteiger partial charge in [-0.1, -0.05) is 29.9 Å². The number of thiazole rings is 1. The Morgan fingerprint density at radius 1 is 1.18 bits per heavy atom. The second kappa shape index (κ2) is 10.3. The zero-order valence-electron chi connectivity index (χ0n) is 18.5. The monoisotopic (exact) mass is 523 g/mol. The fourth-order valence-electron chi connectivity index (χ4n) is 3.99. The summed E-state index contributed by atoms with van der Waals surface area (Å²) >= 11 is 9.10. The van der Waals surface area contributed by atoms with E-state index in [9.17, 15) is 13.2 Å². The van der Waals surface area contributed by atoms with Crippen LogP contribution >= 0.6 is 34.7 Å². The number of amides is 1. The van der Waals surface area contributed by atoms with Gasteiger partial charge < -0.3 is 4.57 Å². The number of aromatic nitrogens is 1. The first-order valence-corrected chi connectivity index (χ1v) is 14.7. The van der Waals surface area contributed by atoms with Crippen LogP contribution in [0.4, 0.5) is 0 Å². The Balaban J connectivity index is 1.53. The number of halogens is 1. The molecule has 0 N–H and O–H groups in total. The van der Waals surface area contributed by atoms with Crippen molar-refractivity contribution in [2.24, 2.45) is 10.9 Å². The zero-order chi connectivity index (χ0) is 23.6. The van der Waals surface area contributed by atoms with Gasteiger partial charge in [-0.25, -0.2) is 8.42 Å². The SMILES string of the molecule is CCCn1c(=NC(=O)C2CCN(S(=O)(=O)c3ccc(Cl)cc3)CC2)sc2cc(SC)ccc21. The summed E-state index contributed by atoms with van der Waals surface area (Å²) in [4.78, 5) is 19.6. The zero-order valence-corrected chi connectivity index (χ0v) is 21.7. The van der Waals surface area contributed by atoms with Crippen LogP contribution in [0.5, 0.6) is 0 Å². The Kier molecular flexibility index (Phi) is 7.65. The summed E-state index contributed by atoms with van der Waals surface area (Å²) in [6.07, 6.45) is 3.91. The number of hydrogen-bond donors (Lipinski definition) is 0. The van der Waals surface area contributed by atoms with Gasteiger partial charge in [0, 0.05) is 35.5 Å². The maximum atomic E-state index is 13.0. The maximum absolute atomic E-state index is 13.0. The standard InChI is InChI=1S/C23H26ClN3O3S3/c1-3-12-27-20-9-6-18(31-2)15-21(20)32-23(27)25-22(28)16-10-13-26(14-11-16)33(29,30)19-7-4-17(24)5-8-19/h4-9,15-16H,3,10-14H2,1-2H3. The minimum absolute atomic E-state index is 0.167. The van der Waals surface area contributed by atoms with Crippen molar-refractivity contribution in [3.8, 4) is 0 Å². The molecule has 2 aromatic carbocycles. The van der Waals surface area contributed by atoms with E-state index < -0.39 is 10.0 Å². The number of benzene rings is 2. The number of carbonyl (C=O) groups excluding carboxylic acids is 1. The first kappa shape index (κ1) is 24.5. The minimum atomic E-state index is -3.60. The predicted molar refractivity (Wildman–Crippen MR) is 135 cm³/mol. The third-order valence-corrected chi connectivity index (χ3v) is 9.73. The fourth-order valence-corrected chi connectivity index (χ4v) is 7.20. The lowest BCUT2D eigenvalue weighted by molar-refractivity contribution is -0.122. The van der Waals surface area contributed by atoms with Crippen LogP contribution in [0, 0.1) is 5.92 Å². The van der Waals surface area contributed by atoms with E-state index in [0.29, 0.717) is 35.8 Å². The van der Waals surface area contributed by atoms with Crippen LogP contribution in [0.1, 0.15) is 26.2 Å². The summed E-state index contributed by atoms with van der Waals surface area (Å²) in [5.74, 6) is -0.441. The van der Waals surface area contributed by atoms with Crippen LogP contribution in [-0.2, 0) is 21.4 Å². The summed E-state index contributed by atoms with van der Waals surface area (Å²) in [5.41, 5.74) is 1.09. The molecule has 4 rings (SSSR count). The first-order valence-electron chi connectivity index (χ1n) is 10.8. The van der Waals surface area contributed by atoms with Crippen LogP contribution in [0.3, 0.4) is 0 Å². The van der Waals surface area contributed by atoms with E-state index in [-0.39, 0.29) is 16.7 Å². The Hall–Kier alpha value is -1.65. The molecule has 33 heavy (non-hydrogen) atoms. The molecule has 0 aliphatic carbocycles. The molecule has 0 saturated carbocycles. The van der Waals surface area contributed by atoms with Crippen molar-refractivity contribution in [2.45, 2.75) is 42.5 Å². The second-order valence-electron chi connectivity index (χ2n) is 7.95. The van der Waals surface area contributed by atoms with Gasteiger partial charge in [0.15, 0.2) is 4.80 Å². The predicted octanol–water partition coefficient (Wildman–Crippen LogP) is 5.02. The normalized spacial score (nSPS) is 16.5. The van der Waals surface area contributed by atoms with E-state index in [1.807, 2.05) is 6.26 Å². The number of nitrogens with zero attached hydrogens (tertiary/aromatic N) is 3. The maximum Gasteiger partial charge on any atom is 0.251 e. The Bertz CT molecular complexity index is 1320. The van der Waals surface area contributed by atoms with Crippen molar-refractivity contribution in [1.82, 2.24) is 8.87 Å².